The van der Waals surface area contributed by atoms with E-state index in [4.69, 9.17) is 118 Å². The lowest BCUT2D eigenvalue weighted by Crippen LogP contribution is -2.66. The van der Waals surface area contributed by atoms with E-state index in [2.05, 4.69) is 37.2 Å². The molecule has 4 rings (SSSR count). The highest BCUT2D eigenvalue weighted by Gasteiger charge is 2.55. The summed E-state index contributed by atoms with van der Waals surface area (Å²) in [4.78, 5) is 212. The van der Waals surface area contributed by atoms with Crippen molar-refractivity contribution in [2.24, 2.45) is 0 Å². The van der Waals surface area contributed by atoms with Crippen LogP contribution in [-0.2, 0) is 207 Å². The van der Waals surface area contributed by atoms with Crippen LogP contribution in [0.5, 0.6) is 0 Å². The maximum Gasteiger partial charge on any atom is 0.328 e. The Morgan fingerprint density at radius 1 is 0.306 bits per heavy atom. The van der Waals surface area contributed by atoms with Crippen LogP contribution in [0.3, 0.4) is 0 Å². The van der Waals surface area contributed by atoms with Crippen molar-refractivity contribution >= 4 is 101 Å². The molecule has 17 atom stereocenters. The minimum atomic E-state index is -1.33. The van der Waals surface area contributed by atoms with Crippen molar-refractivity contribution in [1.29, 1.82) is 0 Å². The molecule has 3 fully saturated rings. The van der Waals surface area contributed by atoms with Gasteiger partial charge in [0.05, 0.1) is 119 Å². The quantitative estimate of drug-likeness (QED) is 0.0200. The molecule has 758 valence electrons. The number of hydrogen-bond acceptors (Lipinski definition) is 42. The minimum Gasteiger partial charge on any atom is -0.463 e. The molecule has 7 amide bonds. The van der Waals surface area contributed by atoms with E-state index < -0.39 is 231 Å². The van der Waals surface area contributed by atoms with Gasteiger partial charge in [0.1, 0.15) is 94.8 Å². The molecule has 0 radical (unpaired) electrons. The molecule has 0 aliphatic carbocycles. The summed E-state index contributed by atoms with van der Waals surface area (Å²) in [6.07, 6.45) is -14.0. The summed E-state index contributed by atoms with van der Waals surface area (Å²) in [5.41, 5.74) is 0.660. The topological polar surface area (TPSA) is 605 Å². The fourth-order valence-corrected chi connectivity index (χ4v) is 13.1. The fraction of sp³-hybridized carbons (Fsp3) is 0.729. The molecule has 49 heteroatoms. The maximum absolute atomic E-state index is 14.4. The number of hydrogen-bond donors (Lipinski definition) is 7. The number of esters is 10. The van der Waals surface area contributed by atoms with Crippen LogP contribution in [-0.4, -0.2) is 377 Å². The second-order valence-corrected chi connectivity index (χ2v) is 30.1. The minimum absolute atomic E-state index is 0.00165. The van der Waals surface area contributed by atoms with Gasteiger partial charge in [-0.3, -0.25) is 76.7 Å². The molecule has 7 N–H and O–H groups in total. The summed E-state index contributed by atoms with van der Waals surface area (Å²) in [5, 5.41) is 18.7. The van der Waals surface area contributed by atoms with Gasteiger partial charge in [0, 0.05) is 96.2 Å². The third-order valence-corrected chi connectivity index (χ3v) is 18.6. The number of rotatable bonds is 67. The van der Waals surface area contributed by atoms with Crippen molar-refractivity contribution in [2.45, 2.75) is 232 Å². The number of amides is 7. The van der Waals surface area contributed by atoms with E-state index in [0.29, 0.717) is 18.4 Å². The molecule has 0 bridgehead atoms. The van der Waals surface area contributed by atoms with Gasteiger partial charge in [-0.1, -0.05) is 30.3 Å². The predicted octanol–water partition coefficient (Wildman–Crippen LogP) is -2.56. The van der Waals surface area contributed by atoms with Gasteiger partial charge in [0.25, 0.3) is 0 Å². The van der Waals surface area contributed by atoms with Gasteiger partial charge >= 0.3 is 59.7 Å². The lowest BCUT2D eigenvalue weighted by Gasteiger charge is -2.44. The summed E-state index contributed by atoms with van der Waals surface area (Å²) in [6, 6.07) is 2.76. The average Bonchev–Trinajstić information content (AvgIpc) is 0.794. The van der Waals surface area contributed by atoms with Crippen molar-refractivity contribution in [3.63, 3.8) is 0 Å². The summed E-state index contributed by atoms with van der Waals surface area (Å²) in [5.74, 6) is -11.4. The van der Waals surface area contributed by atoms with Gasteiger partial charge in [0.2, 0.25) is 41.4 Å². The third kappa shape index (κ3) is 50.3. The number of carbonyl (C=O) groups is 17. The summed E-state index contributed by atoms with van der Waals surface area (Å²) >= 11 is 0. The first-order valence-electron chi connectivity index (χ1n) is 43.6. The van der Waals surface area contributed by atoms with E-state index in [-0.39, 0.29) is 178 Å². The molecular weight excluding hydrogens is 1790 g/mol. The monoisotopic (exact) mass is 1920 g/mol. The van der Waals surface area contributed by atoms with Crippen molar-refractivity contribution < 1.29 is 200 Å². The first-order chi connectivity index (χ1) is 64.0. The predicted molar refractivity (Wildman–Crippen MR) is 451 cm³/mol. The smallest absolute Gasteiger partial charge is 0.328 e. The maximum atomic E-state index is 14.4. The van der Waals surface area contributed by atoms with Crippen LogP contribution in [0.15, 0.2) is 30.3 Å². The molecule has 0 spiro atoms. The highest BCUT2D eigenvalue weighted by molar-refractivity contribution is 5.91. The molecule has 1 aromatic carbocycles. The van der Waals surface area contributed by atoms with Crippen LogP contribution in [0.25, 0.3) is 0 Å². The number of ether oxygens (including phenoxy) is 25. The van der Waals surface area contributed by atoms with Gasteiger partial charge < -0.3 is 156 Å². The van der Waals surface area contributed by atoms with Crippen LogP contribution >= 0.6 is 0 Å². The highest BCUT2D eigenvalue weighted by atomic mass is 16.7. The molecule has 3 heterocycles. The van der Waals surface area contributed by atoms with Gasteiger partial charge in [-0.25, -0.2) is 4.79 Å². The standard InChI is InChI=1S/C85H131N7O42/c1-51(93)88-72-78(129-60(10)102)75(126-57(7)99)66(45-122-54(4)96)132-83(72)119-41-38-113-29-26-110-32-35-116-48-69(105)86-24-18-16-22-64(91-71(107)50-118-37-34-112-28-31-115-40-43-121-85-74(90-53(3)95)80(131-62(12)104)77(128-59(9)101)68(134-85)47-124-56(6)98)81(108)92-65(82(109)125-44-63-20-14-13-15-21-63)23-17-19-25-87-70(106)49-117-36-33-111-27-30-114-39-42-120-84-73(89-52(2)94)79(130-61(11)103)76(127-58(8)100)67(133-84)46-123-55(5)97/h13-15,20-21,64-68,72-80,83-85H,16-19,22-50H2,1-12H3,(H,86,105)(H,87,106)(H,88,93)(H,89,94)(H,90,95)(H,91,107)(H,92,108)/t64-,65-,66+,67+,68+,72+,73+,74+,75-,76-,77-,78+,79+,80+,83+,84+,85+/m0/s1. The van der Waals surface area contributed by atoms with E-state index in [1.165, 1.54) is 20.8 Å². The Hall–Kier alpha value is -10.4. The highest BCUT2D eigenvalue weighted by Crippen LogP contribution is 2.32. The Morgan fingerprint density at radius 3 is 0.888 bits per heavy atom. The zero-order valence-electron chi connectivity index (χ0n) is 77.7. The molecular formula is C85H131N7O42. The molecule has 3 saturated heterocycles. The van der Waals surface area contributed by atoms with Crippen LogP contribution in [0.4, 0.5) is 0 Å². The molecule has 49 nitrogen and oxygen atoms in total. The first kappa shape index (κ1) is 116. The van der Waals surface area contributed by atoms with Gasteiger partial charge in [-0.2, -0.15) is 0 Å². The van der Waals surface area contributed by atoms with Crippen molar-refractivity contribution in [2.75, 3.05) is 172 Å². The summed E-state index contributed by atoms with van der Waals surface area (Å²) in [7, 11) is 0. The van der Waals surface area contributed by atoms with Gasteiger partial charge in [-0.15, -0.1) is 0 Å². The molecule has 134 heavy (non-hydrogen) atoms. The Kier molecular flexibility index (Phi) is 57.9. The summed E-state index contributed by atoms with van der Waals surface area (Å²) < 4.78 is 139. The second-order valence-electron chi connectivity index (χ2n) is 30.1. The first-order valence-corrected chi connectivity index (χ1v) is 43.6. The fourth-order valence-electron chi connectivity index (χ4n) is 13.1. The molecule has 3 aliphatic heterocycles. The molecule has 1 aromatic rings. The number of benzene rings is 1. The summed E-state index contributed by atoms with van der Waals surface area (Å²) in [6.45, 7) is 11.7. The van der Waals surface area contributed by atoms with Crippen molar-refractivity contribution in [3.8, 4) is 0 Å². The van der Waals surface area contributed by atoms with E-state index >= 15 is 0 Å². The lowest BCUT2D eigenvalue weighted by atomic mass is 9.96. The van der Waals surface area contributed by atoms with Crippen molar-refractivity contribution in [3.05, 3.63) is 35.9 Å². The third-order valence-electron chi connectivity index (χ3n) is 18.6. The van der Waals surface area contributed by atoms with Gasteiger partial charge in [-0.05, 0) is 44.1 Å². The lowest BCUT2D eigenvalue weighted by molar-refractivity contribution is -0.279. The Morgan fingerprint density at radius 2 is 0.590 bits per heavy atom. The normalized spacial score (nSPS) is 21.7. The number of nitrogens with one attached hydrogen (secondary N) is 7. The van der Waals surface area contributed by atoms with Gasteiger partial charge in [0.15, 0.2) is 55.5 Å². The zero-order chi connectivity index (χ0) is 98.7. The van der Waals surface area contributed by atoms with E-state index in [1.807, 2.05) is 0 Å². The number of unbranched alkanes of at least 4 members (excludes halogenated alkanes) is 2. The number of carbonyl (C=O) groups excluding carboxylic acids is 17. The van der Waals surface area contributed by atoms with Crippen molar-refractivity contribution in [1.82, 2.24) is 37.2 Å². The molecule has 0 aromatic heterocycles. The van der Waals surface area contributed by atoms with Crippen LogP contribution < -0.4 is 37.2 Å². The van der Waals surface area contributed by atoms with E-state index in [0.717, 1.165) is 62.3 Å². The Bertz CT molecular complexity index is 3790. The Labute approximate surface area is 775 Å². The Balaban J connectivity index is 1.28. The van der Waals surface area contributed by atoms with E-state index in [9.17, 15) is 81.5 Å². The zero-order valence-corrected chi connectivity index (χ0v) is 77.7. The molecule has 0 unspecified atom stereocenters. The average molecular weight is 1920 g/mol. The van der Waals surface area contributed by atoms with Crippen LogP contribution in [0.2, 0.25) is 0 Å². The van der Waals surface area contributed by atoms with Crippen LogP contribution in [0, 0.1) is 0 Å². The SMILES string of the molecule is CC(=O)N[C@H]1[C@H](OCCOCCOCCOCC(=O)NCCCC[C@H](NC(=O)COCCOCCOCCO[C@@H]2O[C@H](COC(C)=O)[C@H](OC(C)=O)[C@H](OC(C)=O)[C@H]2NC(C)=O)C(=O)N[C@@H](CCCCNC(=O)COCCOCCOCCO[C@@H]2O[C@H](COC(C)=O)[C@H](OC(C)=O)[C@H](OC(C)=O)[C@H]2NC(C)=O)C(=O)OCc2ccccc2)O[C@H](COC(C)=O)[C@H](OC(C)=O)[C@@H]1OC(C)=O. The largest absolute Gasteiger partial charge is 0.463 e. The van der Waals surface area contributed by atoms with Crippen LogP contribution in [0.1, 0.15) is 127 Å². The molecule has 3 aliphatic rings. The second kappa shape index (κ2) is 66.9. The van der Waals surface area contributed by atoms with E-state index in [1.54, 1.807) is 30.3 Å². The molecule has 0 saturated carbocycles.